The van der Waals surface area contributed by atoms with Gasteiger partial charge in [-0.25, -0.2) is 17.6 Å². The van der Waals surface area contributed by atoms with E-state index in [9.17, 15) is 22.4 Å². The molecule has 1 aliphatic carbocycles. The minimum atomic E-state index is -3.27. The summed E-state index contributed by atoms with van der Waals surface area (Å²) in [6.45, 7) is 4.88. The first kappa shape index (κ1) is 23.5. The fraction of sp³-hybridized carbons (Fsp3) is 0.636. The van der Waals surface area contributed by atoms with Gasteiger partial charge in [-0.2, -0.15) is 0 Å². The fourth-order valence-corrected chi connectivity index (χ4v) is 5.91. The van der Waals surface area contributed by atoms with Crippen molar-refractivity contribution < 1.29 is 27.1 Å². The molecule has 31 heavy (non-hydrogen) atoms. The van der Waals surface area contributed by atoms with Gasteiger partial charge in [-0.15, -0.1) is 0 Å². The predicted molar refractivity (Wildman–Crippen MR) is 115 cm³/mol. The molecular weight excluding hydrogens is 423 g/mol. The molecule has 7 nitrogen and oxygen atoms in total. The van der Waals surface area contributed by atoms with E-state index in [4.69, 9.17) is 4.74 Å². The Morgan fingerprint density at radius 3 is 2.55 bits per heavy atom. The van der Waals surface area contributed by atoms with Gasteiger partial charge in [-0.05, 0) is 49.3 Å². The van der Waals surface area contributed by atoms with Crippen molar-refractivity contribution in [2.75, 3.05) is 31.2 Å². The zero-order valence-electron chi connectivity index (χ0n) is 18.2. The number of rotatable bonds is 12. The number of amides is 3. The molecule has 0 bridgehead atoms. The molecule has 1 saturated carbocycles. The van der Waals surface area contributed by atoms with Crippen LogP contribution in [0.3, 0.4) is 0 Å². The van der Waals surface area contributed by atoms with Crippen molar-refractivity contribution in [3.05, 3.63) is 29.6 Å². The van der Waals surface area contributed by atoms with Crippen molar-refractivity contribution >= 4 is 21.8 Å². The Balaban J connectivity index is 1.49. The molecule has 2 aliphatic rings. The molecule has 0 aromatic heterocycles. The zero-order valence-corrected chi connectivity index (χ0v) is 19.0. The summed E-state index contributed by atoms with van der Waals surface area (Å²) in [6.07, 6.45) is 3.34. The molecule has 2 fully saturated rings. The number of hydrogen-bond donors (Lipinski definition) is 1. The number of imide groups is 1. The van der Waals surface area contributed by atoms with Crippen LogP contribution in [0.25, 0.3) is 0 Å². The van der Waals surface area contributed by atoms with Gasteiger partial charge in [0.1, 0.15) is 6.54 Å². The van der Waals surface area contributed by atoms with E-state index < -0.39 is 21.1 Å². The van der Waals surface area contributed by atoms with Gasteiger partial charge in [0.25, 0.3) is 0 Å². The molecule has 1 aliphatic heterocycles. The maximum absolute atomic E-state index is 14.1. The first-order chi connectivity index (χ1) is 14.6. The number of nitrogens with zero attached hydrogens (tertiary/aromatic N) is 1. The van der Waals surface area contributed by atoms with E-state index in [1.54, 1.807) is 12.1 Å². The van der Waals surface area contributed by atoms with Crippen LogP contribution in [0.15, 0.2) is 18.2 Å². The highest BCUT2D eigenvalue weighted by molar-refractivity contribution is 7.91. The summed E-state index contributed by atoms with van der Waals surface area (Å²) in [5.41, 5.74) is 0.372. The number of carbonyl (C=O) groups is 2. The molecule has 1 heterocycles. The fourth-order valence-electron chi connectivity index (χ4n) is 3.83. The monoisotopic (exact) mass is 454 g/mol. The Morgan fingerprint density at radius 2 is 1.94 bits per heavy atom. The van der Waals surface area contributed by atoms with Crippen LogP contribution in [-0.4, -0.2) is 56.5 Å². The lowest BCUT2D eigenvalue weighted by molar-refractivity contribution is -0.118. The van der Waals surface area contributed by atoms with Crippen LogP contribution in [0.4, 0.5) is 9.18 Å². The Morgan fingerprint density at radius 1 is 1.19 bits per heavy atom. The SMILES string of the molecule is CC(C)COc1cc(C2(CS(=O)(=O)CCCCCN3CC(=O)NC3=O)CC2)ccc1F. The van der Waals surface area contributed by atoms with E-state index in [1.807, 2.05) is 13.8 Å². The molecule has 0 atom stereocenters. The standard InChI is InChI=1S/C22H31FN2O5S/c1-16(2)14-30-19-12-17(6-7-18(19)23)22(8-9-22)15-31(28,29)11-5-3-4-10-25-13-20(26)24-21(25)27/h6-7,12,16H,3-5,8-11,13-15H2,1-2H3,(H,24,26,27). The van der Waals surface area contributed by atoms with E-state index in [-0.39, 0.29) is 41.7 Å². The zero-order chi connectivity index (χ0) is 22.6. The Labute approximate surface area is 183 Å². The van der Waals surface area contributed by atoms with E-state index in [1.165, 1.54) is 11.0 Å². The van der Waals surface area contributed by atoms with Crippen LogP contribution < -0.4 is 10.1 Å². The molecule has 3 rings (SSSR count). The number of hydrogen-bond acceptors (Lipinski definition) is 5. The van der Waals surface area contributed by atoms with Crippen molar-refractivity contribution in [3.63, 3.8) is 0 Å². The van der Waals surface area contributed by atoms with Crippen LogP contribution in [0.1, 0.15) is 51.5 Å². The summed E-state index contributed by atoms with van der Waals surface area (Å²) in [6, 6.07) is 4.30. The average molecular weight is 455 g/mol. The number of urea groups is 1. The van der Waals surface area contributed by atoms with E-state index >= 15 is 0 Å². The molecule has 3 amide bonds. The molecule has 1 N–H and O–H groups in total. The number of sulfone groups is 1. The molecule has 1 aromatic carbocycles. The smallest absolute Gasteiger partial charge is 0.324 e. The molecule has 0 spiro atoms. The molecule has 0 unspecified atom stereocenters. The molecule has 1 saturated heterocycles. The number of unbranched alkanes of at least 4 members (excludes halogenated alkanes) is 2. The van der Waals surface area contributed by atoms with Crippen LogP contribution in [0.5, 0.6) is 5.75 Å². The summed E-state index contributed by atoms with van der Waals surface area (Å²) in [7, 11) is -3.27. The number of nitrogens with one attached hydrogen (secondary N) is 1. The van der Waals surface area contributed by atoms with Gasteiger partial charge < -0.3 is 9.64 Å². The predicted octanol–water partition coefficient (Wildman–Crippen LogP) is 3.03. The Hall–Kier alpha value is -2.16. The van der Waals surface area contributed by atoms with E-state index in [0.29, 0.717) is 32.4 Å². The van der Waals surface area contributed by atoms with Crippen LogP contribution >= 0.6 is 0 Å². The summed E-state index contributed by atoms with van der Waals surface area (Å²) in [5.74, 6) is -0.161. The van der Waals surface area contributed by atoms with Crippen LogP contribution in [0.2, 0.25) is 0 Å². The molecule has 172 valence electrons. The second-order valence-corrected chi connectivity index (χ2v) is 11.2. The van der Waals surface area contributed by atoms with E-state index in [2.05, 4.69) is 5.32 Å². The number of ether oxygens (including phenoxy) is 1. The molecule has 1 aromatic rings. The quantitative estimate of drug-likeness (QED) is 0.387. The highest BCUT2D eigenvalue weighted by Gasteiger charge is 2.47. The van der Waals surface area contributed by atoms with Gasteiger partial charge in [-0.3, -0.25) is 10.1 Å². The lowest BCUT2D eigenvalue weighted by Crippen LogP contribution is -2.29. The van der Waals surface area contributed by atoms with Gasteiger partial charge in [-0.1, -0.05) is 26.3 Å². The first-order valence-corrected chi connectivity index (χ1v) is 12.6. The normalized spacial score (nSPS) is 17.9. The van der Waals surface area contributed by atoms with Crippen molar-refractivity contribution in [1.82, 2.24) is 10.2 Å². The maximum atomic E-state index is 14.1. The summed E-state index contributed by atoms with van der Waals surface area (Å²) in [5, 5.41) is 2.22. The maximum Gasteiger partial charge on any atom is 0.324 e. The van der Waals surface area contributed by atoms with E-state index in [0.717, 1.165) is 18.4 Å². The lowest BCUT2D eigenvalue weighted by atomic mass is 9.98. The second-order valence-electron chi connectivity index (χ2n) is 9.06. The van der Waals surface area contributed by atoms with Crippen molar-refractivity contribution in [2.24, 2.45) is 5.92 Å². The van der Waals surface area contributed by atoms with Gasteiger partial charge in [0, 0.05) is 12.0 Å². The highest BCUT2D eigenvalue weighted by Crippen LogP contribution is 2.50. The average Bonchev–Trinajstić information content (AvgIpc) is 3.37. The van der Waals surface area contributed by atoms with Gasteiger partial charge in [0.05, 0.1) is 18.1 Å². The summed E-state index contributed by atoms with van der Waals surface area (Å²) >= 11 is 0. The third-order valence-corrected chi connectivity index (χ3v) is 7.62. The molecular formula is C22H31FN2O5S. The Kier molecular flexibility index (Phi) is 7.24. The Bertz CT molecular complexity index is 928. The largest absolute Gasteiger partial charge is 0.490 e. The van der Waals surface area contributed by atoms with Gasteiger partial charge in [0.15, 0.2) is 21.4 Å². The topological polar surface area (TPSA) is 92.8 Å². The minimum Gasteiger partial charge on any atom is -0.490 e. The number of halogens is 1. The number of benzene rings is 1. The molecule has 9 heteroatoms. The highest BCUT2D eigenvalue weighted by atomic mass is 32.2. The van der Waals surface area contributed by atoms with Gasteiger partial charge >= 0.3 is 6.03 Å². The molecule has 0 radical (unpaired) electrons. The number of carbonyl (C=O) groups excluding carboxylic acids is 2. The third-order valence-electron chi connectivity index (χ3n) is 5.72. The van der Waals surface area contributed by atoms with Crippen molar-refractivity contribution in [2.45, 2.75) is 51.4 Å². The van der Waals surface area contributed by atoms with Gasteiger partial charge in [0.2, 0.25) is 5.91 Å². The summed E-state index contributed by atoms with van der Waals surface area (Å²) < 4.78 is 45.1. The van der Waals surface area contributed by atoms with Crippen LogP contribution in [0, 0.1) is 11.7 Å². The second kappa shape index (κ2) is 9.54. The van der Waals surface area contributed by atoms with Crippen LogP contribution in [-0.2, 0) is 20.0 Å². The lowest BCUT2D eigenvalue weighted by Gasteiger charge is -2.18. The third kappa shape index (κ3) is 6.41. The summed E-state index contributed by atoms with van der Waals surface area (Å²) in [4.78, 5) is 24.1. The van der Waals surface area contributed by atoms with Crippen molar-refractivity contribution in [1.29, 1.82) is 0 Å². The van der Waals surface area contributed by atoms with Crippen molar-refractivity contribution in [3.8, 4) is 5.75 Å². The minimum absolute atomic E-state index is 0.0539. The first-order valence-electron chi connectivity index (χ1n) is 10.8.